The lowest BCUT2D eigenvalue weighted by atomic mass is 10.1. The standard InChI is InChI=1S/C11H21NO2/c1-8(2)11(14)10(13)7-9(3)5-6-12-4/h7-8,12-14H,5-6H2,1-4H3/b9-7+,11-10-. The molecular formula is C11H21NO2. The van der Waals surface area contributed by atoms with Gasteiger partial charge in [-0.15, -0.1) is 0 Å². The first kappa shape index (κ1) is 13.0. The van der Waals surface area contributed by atoms with E-state index >= 15 is 0 Å². The third kappa shape index (κ3) is 4.92. The van der Waals surface area contributed by atoms with Crippen LogP contribution >= 0.6 is 0 Å². The van der Waals surface area contributed by atoms with Crippen LogP contribution in [0, 0.1) is 5.92 Å². The molecule has 0 saturated heterocycles. The normalized spacial score (nSPS) is 14.5. The number of aliphatic hydroxyl groups excluding tert-OH is 2. The van der Waals surface area contributed by atoms with Crippen molar-refractivity contribution >= 4 is 0 Å². The number of allylic oxidation sites excluding steroid dienone is 2. The molecule has 0 radical (unpaired) electrons. The molecule has 82 valence electrons. The first-order chi connectivity index (χ1) is 6.49. The molecule has 0 aromatic carbocycles. The van der Waals surface area contributed by atoms with Gasteiger partial charge in [0.1, 0.15) is 5.76 Å². The Kier molecular flexibility index (Phi) is 6.04. The fourth-order valence-electron chi connectivity index (χ4n) is 0.997. The maximum atomic E-state index is 9.49. The summed E-state index contributed by atoms with van der Waals surface area (Å²) in [6.07, 6.45) is 2.48. The van der Waals surface area contributed by atoms with E-state index in [2.05, 4.69) is 5.32 Å². The van der Waals surface area contributed by atoms with E-state index in [4.69, 9.17) is 0 Å². The second kappa shape index (κ2) is 6.49. The minimum absolute atomic E-state index is 0.0198. The van der Waals surface area contributed by atoms with Crippen LogP contribution in [0.3, 0.4) is 0 Å². The molecule has 0 heterocycles. The largest absolute Gasteiger partial charge is 0.508 e. The second-order valence-corrected chi connectivity index (χ2v) is 3.77. The molecule has 0 bridgehead atoms. The van der Waals surface area contributed by atoms with Crippen molar-refractivity contribution < 1.29 is 10.2 Å². The van der Waals surface area contributed by atoms with Crippen molar-refractivity contribution in [3.8, 4) is 0 Å². The molecule has 3 N–H and O–H groups in total. The fraction of sp³-hybridized carbons (Fsp3) is 0.636. The molecule has 3 nitrogen and oxygen atoms in total. The Morgan fingerprint density at radius 3 is 2.36 bits per heavy atom. The molecule has 0 aliphatic carbocycles. The minimum Gasteiger partial charge on any atom is -0.508 e. The van der Waals surface area contributed by atoms with Crippen LogP contribution in [0.4, 0.5) is 0 Å². The van der Waals surface area contributed by atoms with Crippen LogP contribution in [0.1, 0.15) is 27.2 Å². The van der Waals surface area contributed by atoms with E-state index in [1.165, 1.54) is 0 Å². The molecule has 0 aliphatic heterocycles. The van der Waals surface area contributed by atoms with Gasteiger partial charge in [-0.05, 0) is 33.0 Å². The molecule has 0 spiro atoms. The van der Waals surface area contributed by atoms with E-state index < -0.39 is 0 Å². The minimum atomic E-state index is -0.0386. The molecule has 0 aromatic heterocycles. The van der Waals surface area contributed by atoms with Crippen LogP contribution in [-0.4, -0.2) is 23.8 Å². The summed E-state index contributed by atoms with van der Waals surface area (Å²) >= 11 is 0. The van der Waals surface area contributed by atoms with Crippen molar-refractivity contribution in [3.63, 3.8) is 0 Å². The van der Waals surface area contributed by atoms with Gasteiger partial charge in [0.25, 0.3) is 0 Å². The molecule has 3 heteroatoms. The van der Waals surface area contributed by atoms with Gasteiger partial charge in [0.2, 0.25) is 0 Å². The van der Waals surface area contributed by atoms with E-state index in [0.717, 1.165) is 18.5 Å². The zero-order valence-corrected chi connectivity index (χ0v) is 9.46. The highest BCUT2D eigenvalue weighted by Gasteiger charge is 2.05. The molecule has 14 heavy (non-hydrogen) atoms. The predicted octanol–water partition coefficient (Wildman–Crippen LogP) is 2.53. The highest BCUT2D eigenvalue weighted by atomic mass is 16.3. The number of aliphatic hydroxyl groups is 2. The van der Waals surface area contributed by atoms with Gasteiger partial charge in [0, 0.05) is 5.92 Å². The Morgan fingerprint density at radius 2 is 1.93 bits per heavy atom. The number of hydrogen-bond acceptors (Lipinski definition) is 3. The van der Waals surface area contributed by atoms with Crippen LogP contribution in [0.2, 0.25) is 0 Å². The third-order valence-corrected chi connectivity index (χ3v) is 1.96. The zero-order valence-electron chi connectivity index (χ0n) is 9.46. The maximum absolute atomic E-state index is 9.49. The Bertz CT molecular complexity index is 229. The summed E-state index contributed by atoms with van der Waals surface area (Å²) in [5, 5.41) is 22.0. The summed E-state index contributed by atoms with van der Waals surface area (Å²) in [5.74, 6) is -0.00855. The summed E-state index contributed by atoms with van der Waals surface area (Å²) < 4.78 is 0. The Hall–Kier alpha value is -0.960. The van der Waals surface area contributed by atoms with Crippen molar-refractivity contribution in [1.82, 2.24) is 5.32 Å². The molecular weight excluding hydrogens is 178 g/mol. The highest BCUT2D eigenvalue weighted by Crippen LogP contribution is 2.12. The number of nitrogens with one attached hydrogen (secondary N) is 1. The Morgan fingerprint density at radius 1 is 1.36 bits per heavy atom. The Labute approximate surface area is 86.1 Å². The van der Waals surface area contributed by atoms with Gasteiger partial charge >= 0.3 is 0 Å². The van der Waals surface area contributed by atoms with Gasteiger partial charge < -0.3 is 15.5 Å². The van der Waals surface area contributed by atoms with E-state index in [1.807, 2.05) is 27.8 Å². The number of hydrogen-bond donors (Lipinski definition) is 3. The second-order valence-electron chi connectivity index (χ2n) is 3.77. The van der Waals surface area contributed by atoms with Gasteiger partial charge in [-0.3, -0.25) is 0 Å². The molecule has 0 atom stereocenters. The van der Waals surface area contributed by atoms with Crippen LogP contribution in [0.25, 0.3) is 0 Å². The van der Waals surface area contributed by atoms with Gasteiger partial charge in [0.05, 0.1) is 0 Å². The van der Waals surface area contributed by atoms with E-state index in [0.29, 0.717) is 0 Å². The van der Waals surface area contributed by atoms with Crippen LogP contribution in [0.15, 0.2) is 23.2 Å². The predicted molar refractivity (Wildman–Crippen MR) is 59.4 cm³/mol. The molecule has 0 rings (SSSR count). The summed E-state index contributed by atoms with van der Waals surface area (Å²) in [5.41, 5.74) is 1.05. The summed E-state index contributed by atoms with van der Waals surface area (Å²) in [4.78, 5) is 0. The first-order valence-corrected chi connectivity index (χ1v) is 4.93. The average molecular weight is 199 g/mol. The Balaban J connectivity index is 4.40. The summed E-state index contributed by atoms with van der Waals surface area (Å²) in [6.45, 7) is 6.48. The van der Waals surface area contributed by atoms with Gasteiger partial charge in [0.15, 0.2) is 5.76 Å². The lowest BCUT2D eigenvalue weighted by Crippen LogP contribution is -2.07. The summed E-state index contributed by atoms with van der Waals surface area (Å²) in [6, 6.07) is 0. The molecule has 0 fully saturated rings. The quantitative estimate of drug-likeness (QED) is 0.471. The van der Waals surface area contributed by atoms with Gasteiger partial charge in [-0.1, -0.05) is 19.4 Å². The SMILES string of the molecule is CNCC/C(C)=C/C(O)=C(/O)C(C)C. The average Bonchev–Trinajstić information content (AvgIpc) is 2.13. The van der Waals surface area contributed by atoms with Crippen molar-refractivity contribution in [3.05, 3.63) is 23.2 Å². The third-order valence-electron chi connectivity index (χ3n) is 1.96. The van der Waals surface area contributed by atoms with Crippen LogP contribution in [-0.2, 0) is 0 Å². The molecule has 0 saturated carbocycles. The monoisotopic (exact) mass is 199 g/mol. The van der Waals surface area contributed by atoms with Crippen molar-refractivity contribution in [1.29, 1.82) is 0 Å². The molecule has 0 amide bonds. The molecule has 0 aromatic rings. The van der Waals surface area contributed by atoms with Crippen LogP contribution < -0.4 is 5.32 Å². The van der Waals surface area contributed by atoms with Gasteiger partial charge in [-0.2, -0.15) is 0 Å². The zero-order chi connectivity index (χ0) is 11.1. The molecule has 0 aliphatic rings. The molecule has 0 unspecified atom stereocenters. The first-order valence-electron chi connectivity index (χ1n) is 4.93. The van der Waals surface area contributed by atoms with E-state index in [9.17, 15) is 10.2 Å². The van der Waals surface area contributed by atoms with Crippen molar-refractivity contribution in [2.24, 2.45) is 5.92 Å². The van der Waals surface area contributed by atoms with Crippen molar-refractivity contribution in [2.75, 3.05) is 13.6 Å². The lowest BCUT2D eigenvalue weighted by Gasteiger charge is -2.06. The van der Waals surface area contributed by atoms with E-state index in [1.54, 1.807) is 6.08 Å². The smallest absolute Gasteiger partial charge is 0.153 e. The summed E-state index contributed by atoms with van der Waals surface area (Å²) in [7, 11) is 1.88. The fourth-order valence-corrected chi connectivity index (χ4v) is 0.997. The van der Waals surface area contributed by atoms with Gasteiger partial charge in [-0.25, -0.2) is 0 Å². The van der Waals surface area contributed by atoms with E-state index in [-0.39, 0.29) is 17.4 Å². The highest BCUT2D eigenvalue weighted by molar-refractivity contribution is 5.19. The van der Waals surface area contributed by atoms with Crippen molar-refractivity contribution in [2.45, 2.75) is 27.2 Å². The lowest BCUT2D eigenvalue weighted by molar-refractivity contribution is 0.297. The van der Waals surface area contributed by atoms with Crippen LogP contribution in [0.5, 0.6) is 0 Å². The number of rotatable bonds is 5. The maximum Gasteiger partial charge on any atom is 0.153 e. The topological polar surface area (TPSA) is 52.5 Å².